The molecular weight excluding hydrogens is 592 g/mol. The van der Waals surface area contributed by atoms with Gasteiger partial charge in [-0.15, -0.1) is 0 Å². The quantitative estimate of drug-likeness (QED) is 0.182. The van der Waals surface area contributed by atoms with E-state index in [9.17, 15) is 31.9 Å². The first kappa shape index (κ1) is 35.4. The minimum Gasteiger partial charge on any atom is -0.478 e. The Balaban J connectivity index is 2.02. The monoisotopic (exact) mass is 637 g/mol. The van der Waals surface area contributed by atoms with Crippen molar-refractivity contribution in [1.82, 2.24) is 10.2 Å². The van der Waals surface area contributed by atoms with Crippen molar-refractivity contribution in [2.24, 2.45) is 11.7 Å². The number of carbonyl (C=O) groups excluding carboxylic acids is 1. The van der Waals surface area contributed by atoms with Crippen LogP contribution in [0.3, 0.4) is 0 Å². The summed E-state index contributed by atoms with van der Waals surface area (Å²) in [5.41, 5.74) is 4.77. The first-order chi connectivity index (χ1) is 20.9. The maximum atomic E-state index is 14.0. The standard InChI is InChI=1S/C32H45F2N3O6S/c1-3-8-29(9-4-2)44(41,42)22-32(35,30(38)39)37(31(40)43-21-24-10-6-5-7-11-24)28(20-36-19-23-12-13-23)15-14-25-16-26(33)18-27(34)17-25/h5-7,10-11,16-18,23,28-29,36H,3-4,8-9,12-15,19-22,35H2,1-2H3,(H,38,39)/t28?,32-/m1/s1. The zero-order valence-electron chi connectivity index (χ0n) is 25.5. The number of aryl methyl sites for hydroxylation is 1. The molecule has 0 aliphatic heterocycles. The number of nitrogens with two attached hydrogens (primary N) is 1. The Bertz CT molecular complexity index is 1320. The summed E-state index contributed by atoms with van der Waals surface area (Å²) in [7, 11) is -4.11. The summed E-state index contributed by atoms with van der Waals surface area (Å²) in [4.78, 5) is 27.6. The van der Waals surface area contributed by atoms with Gasteiger partial charge in [0.05, 0.1) is 17.0 Å². The van der Waals surface area contributed by atoms with Crippen molar-refractivity contribution in [3.05, 3.63) is 71.3 Å². The van der Waals surface area contributed by atoms with Crippen LogP contribution in [0.15, 0.2) is 48.5 Å². The number of halogens is 2. The number of nitrogens with one attached hydrogen (secondary N) is 1. The third-order valence-corrected chi connectivity index (χ3v) is 10.2. The number of hydrogen-bond donors (Lipinski definition) is 3. The maximum absolute atomic E-state index is 14.0. The molecule has 244 valence electrons. The molecule has 1 unspecified atom stereocenters. The van der Waals surface area contributed by atoms with E-state index < -0.39 is 56.2 Å². The van der Waals surface area contributed by atoms with Crippen LogP contribution < -0.4 is 11.1 Å². The number of carbonyl (C=O) groups is 2. The van der Waals surface area contributed by atoms with E-state index in [2.05, 4.69) is 5.32 Å². The van der Waals surface area contributed by atoms with Crippen molar-refractivity contribution >= 4 is 21.9 Å². The average Bonchev–Trinajstić information content (AvgIpc) is 3.79. The molecule has 9 nitrogen and oxygen atoms in total. The van der Waals surface area contributed by atoms with Gasteiger partial charge in [0.15, 0.2) is 9.84 Å². The molecule has 1 fully saturated rings. The molecule has 0 radical (unpaired) electrons. The van der Waals surface area contributed by atoms with Crippen molar-refractivity contribution in [1.29, 1.82) is 0 Å². The summed E-state index contributed by atoms with van der Waals surface area (Å²) in [6.07, 6.45) is 2.83. The predicted molar refractivity (Wildman–Crippen MR) is 164 cm³/mol. The molecule has 0 heterocycles. The third-order valence-electron chi connectivity index (χ3n) is 7.92. The van der Waals surface area contributed by atoms with Crippen LogP contribution in [0.5, 0.6) is 0 Å². The normalized spacial score (nSPS) is 15.5. The first-order valence-corrected chi connectivity index (χ1v) is 17.0. The molecule has 0 spiro atoms. The van der Waals surface area contributed by atoms with Crippen LogP contribution in [-0.2, 0) is 32.4 Å². The third kappa shape index (κ3) is 10.2. The van der Waals surface area contributed by atoms with Gasteiger partial charge in [0.1, 0.15) is 18.2 Å². The van der Waals surface area contributed by atoms with Gasteiger partial charge >= 0.3 is 12.1 Å². The minimum atomic E-state index is -4.11. The molecule has 1 amide bonds. The van der Waals surface area contributed by atoms with Crippen molar-refractivity contribution in [3.8, 4) is 0 Å². The van der Waals surface area contributed by atoms with Crippen molar-refractivity contribution < 1.29 is 36.6 Å². The van der Waals surface area contributed by atoms with Crippen LogP contribution in [0.25, 0.3) is 0 Å². The number of sulfone groups is 1. The second-order valence-corrected chi connectivity index (χ2v) is 14.0. The average molecular weight is 638 g/mol. The van der Waals surface area contributed by atoms with Crippen LogP contribution in [0.1, 0.15) is 69.9 Å². The molecule has 3 rings (SSSR count). The Morgan fingerprint density at radius 3 is 2.20 bits per heavy atom. The van der Waals surface area contributed by atoms with Gasteiger partial charge in [-0.05, 0) is 74.2 Å². The Hall–Kier alpha value is -3.09. The van der Waals surface area contributed by atoms with E-state index >= 15 is 0 Å². The van der Waals surface area contributed by atoms with Crippen LogP contribution in [-0.4, -0.2) is 66.3 Å². The van der Waals surface area contributed by atoms with E-state index in [4.69, 9.17) is 10.5 Å². The molecule has 4 N–H and O–H groups in total. The second-order valence-electron chi connectivity index (χ2n) is 11.7. The molecule has 0 aromatic heterocycles. The van der Waals surface area contributed by atoms with Gasteiger partial charge in [0.2, 0.25) is 5.66 Å². The van der Waals surface area contributed by atoms with Gasteiger partial charge in [-0.2, -0.15) is 0 Å². The summed E-state index contributed by atoms with van der Waals surface area (Å²) in [5, 5.41) is 12.9. The van der Waals surface area contributed by atoms with Crippen LogP contribution in [0.2, 0.25) is 0 Å². The highest BCUT2D eigenvalue weighted by molar-refractivity contribution is 7.92. The van der Waals surface area contributed by atoms with Crippen molar-refractivity contribution in [2.75, 3.05) is 18.8 Å². The zero-order valence-corrected chi connectivity index (χ0v) is 26.3. The molecule has 2 aromatic carbocycles. The van der Waals surface area contributed by atoms with Crippen LogP contribution in [0, 0.1) is 17.6 Å². The van der Waals surface area contributed by atoms with Crippen LogP contribution >= 0.6 is 0 Å². The Morgan fingerprint density at radius 1 is 1.05 bits per heavy atom. The van der Waals surface area contributed by atoms with E-state index in [1.165, 1.54) is 0 Å². The molecule has 0 saturated heterocycles. The van der Waals surface area contributed by atoms with Crippen LogP contribution in [0.4, 0.5) is 13.6 Å². The number of benzene rings is 2. The molecule has 1 aliphatic carbocycles. The van der Waals surface area contributed by atoms with E-state index in [1.807, 2.05) is 13.8 Å². The lowest BCUT2D eigenvalue weighted by atomic mass is 10.0. The lowest BCUT2D eigenvalue weighted by molar-refractivity contribution is -0.150. The molecule has 1 saturated carbocycles. The fraction of sp³-hybridized carbons (Fsp3) is 0.562. The van der Waals surface area contributed by atoms with E-state index in [0.717, 1.165) is 35.9 Å². The highest BCUT2D eigenvalue weighted by Gasteiger charge is 2.51. The highest BCUT2D eigenvalue weighted by Crippen LogP contribution is 2.29. The van der Waals surface area contributed by atoms with Gasteiger partial charge in [-0.1, -0.05) is 57.0 Å². The van der Waals surface area contributed by atoms with Gasteiger partial charge in [-0.3, -0.25) is 10.6 Å². The minimum absolute atomic E-state index is 0.0284. The molecule has 0 bridgehead atoms. The molecule has 12 heteroatoms. The zero-order chi connectivity index (χ0) is 32.3. The van der Waals surface area contributed by atoms with Gasteiger partial charge in [0, 0.05) is 12.6 Å². The van der Waals surface area contributed by atoms with E-state index in [-0.39, 0.29) is 26.0 Å². The fourth-order valence-corrected chi connectivity index (χ4v) is 7.72. The smallest absolute Gasteiger partial charge is 0.412 e. The van der Waals surface area contributed by atoms with Crippen molar-refractivity contribution in [3.63, 3.8) is 0 Å². The molecule has 44 heavy (non-hydrogen) atoms. The highest BCUT2D eigenvalue weighted by atomic mass is 32.2. The predicted octanol–water partition coefficient (Wildman–Crippen LogP) is 5.03. The number of hydrogen-bond acceptors (Lipinski definition) is 7. The number of nitrogens with zero attached hydrogens (tertiary/aromatic N) is 1. The van der Waals surface area contributed by atoms with E-state index in [1.54, 1.807) is 30.3 Å². The SMILES string of the molecule is CCCC(CCC)S(=O)(=O)C[C@](N)(C(=O)O)N(C(=O)OCc1ccccc1)C(CCc1cc(F)cc(F)c1)CNCC1CC1. The Morgan fingerprint density at radius 2 is 1.66 bits per heavy atom. The van der Waals surface area contributed by atoms with Crippen molar-refractivity contribution in [2.45, 2.75) is 88.8 Å². The number of rotatable bonds is 19. The number of carboxylic acid groups (broad SMARTS) is 1. The van der Waals surface area contributed by atoms with Gasteiger partial charge in [-0.25, -0.2) is 26.8 Å². The molecule has 2 atom stereocenters. The molecular formula is C32H45F2N3O6S. The lowest BCUT2D eigenvalue weighted by Crippen LogP contribution is -2.71. The topological polar surface area (TPSA) is 139 Å². The number of amides is 1. The molecule has 2 aromatic rings. The summed E-state index contributed by atoms with van der Waals surface area (Å²) >= 11 is 0. The van der Waals surface area contributed by atoms with Gasteiger partial charge in [0.25, 0.3) is 0 Å². The number of ether oxygens (including phenoxy) is 1. The number of aliphatic carboxylic acids is 1. The summed E-state index contributed by atoms with van der Waals surface area (Å²) in [6, 6.07) is 10.8. The molecule has 1 aliphatic rings. The Kier molecular flexibility index (Phi) is 13.1. The van der Waals surface area contributed by atoms with E-state index in [0.29, 0.717) is 49.3 Å². The fourth-order valence-electron chi connectivity index (χ4n) is 5.42. The first-order valence-electron chi connectivity index (χ1n) is 15.3. The summed E-state index contributed by atoms with van der Waals surface area (Å²) < 4.78 is 60.9. The summed E-state index contributed by atoms with van der Waals surface area (Å²) in [5.74, 6) is -3.82. The van der Waals surface area contributed by atoms with Gasteiger partial charge < -0.3 is 15.2 Å². The number of carboxylic acids is 1. The second kappa shape index (κ2) is 16.3. The maximum Gasteiger partial charge on any atom is 0.412 e. The lowest BCUT2D eigenvalue weighted by Gasteiger charge is -2.42. The summed E-state index contributed by atoms with van der Waals surface area (Å²) in [6.45, 7) is 4.15. The Labute approximate surface area is 259 Å². The largest absolute Gasteiger partial charge is 0.478 e.